The highest BCUT2D eigenvalue weighted by molar-refractivity contribution is 6.30. The number of piperazine rings is 1. The molecule has 0 aliphatic carbocycles. The quantitative estimate of drug-likeness (QED) is 0.571. The third-order valence-electron chi connectivity index (χ3n) is 6.97. The maximum Gasteiger partial charge on any atom is 0.223 e. The minimum atomic E-state index is 0.212. The number of carbonyl (C=O) groups excluding carboxylic acids is 1. The summed E-state index contributed by atoms with van der Waals surface area (Å²) < 4.78 is 6.06. The first-order valence-corrected chi connectivity index (χ1v) is 12.8. The van der Waals surface area contributed by atoms with E-state index in [1.807, 2.05) is 29.2 Å². The largest absolute Gasteiger partial charge is 0.445 e. The highest BCUT2D eigenvalue weighted by Crippen LogP contribution is 2.27. The zero-order valence-electron chi connectivity index (χ0n) is 20.1. The molecule has 1 amide bonds. The van der Waals surface area contributed by atoms with Crippen molar-refractivity contribution in [1.82, 2.24) is 19.7 Å². The Kier molecular flexibility index (Phi) is 8.45. The molecule has 3 heterocycles. The number of aryl methyl sites for hydroxylation is 2. The summed E-state index contributed by atoms with van der Waals surface area (Å²) in [6, 6.07) is 7.66. The van der Waals surface area contributed by atoms with Crippen LogP contribution in [0.5, 0.6) is 0 Å². The molecular weight excluding hydrogens is 436 g/mol. The van der Waals surface area contributed by atoms with Gasteiger partial charge in [-0.25, -0.2) is 4.98 Å². The highest BCUT2D eigenvalue weighted by atomic mass is 35.5. The van der Waals surface area contributed by atoms with E-state index in [1.54, 1.807) is 0 Å². The summed E-state index contributed by atoms with van der Waals surface area (Å²) in [6.45, 7) is 9.33. The van der Waals surface area contributed by atoms with Crippen molar-refractivity contribution >= 4 is 17.5 Å². The van der Waals surface area contributed by atoms with Gasteiger partial charge in [-0.15, -0.1) is 0 Å². The van der Waals surface area contributed by atoms with Gasteiger partial charge in [0, 0.05) is 62.6 Å². The first-order valence-electron chi connectivity index (χ1n) is 12.4. The van der Waals surface area contributed by atoms with Crippen LogP contribution in [0, 0.1) is 5.92 Å². The molecule has 6 nitrogen and oxygen atoms in total. The van der Waals surface area contributed by atoms with Gasteiger partial charge in [0.2, 0.25) is 5.91 Å². The minimum Gasteiger partial charge on any atom is -0.445 e. The molecule has 1 aromatic heterocycles. The Morgan fingerprint density at radius 3 is 2.42 bits per heavy atom. The van der Waals surface area contributed by atoms with Gasteiger partial charge in [-0.05, 0) is 57.5 Å². The lowest BCUT2D eigenvalue weighted by atomic mass is 9.96. The van der Waals surface area contributed by atoms with Gasteiger partial charge in [0.1, 0.15) is 11.5 Å². The molecule has 2 saturated heterocycles. The van der Waals surface area contributed by atoms with E-state index in [9.17, 15) is 4.79 Å². The SMILES string of the molecule is CCCc1nc(-c2ccc(Cl)cc2)c(CCC(=O)N2CCN(CC3CCN(C)CC3)CC2)o1. The average molecular weight is 473 g/mol. The molecule has 4 rings (SSSR count). The molecule has 2 fully saturated rings. The number of benzene rings is 1. The van der Waals surface area contributed by atoms with Crippen molar-refractivity contribution in [1.29, 1.82) is 0 Å². The maximum atomic E-state index is 13.0. The van der Waals surface area contributed by atoms with Crippen LogP contribution in [0.15, 0.2) is 28.7 Å². The highest BCUT2D eigenvalue weighted by Gasteiger charge is 2.25. The number of amides is 1. The molecule has 33 heavy (non-hydrogen) atoms. The number of aromatic nitrogens is 1. The lowest BCUT2D eigenvalue weighted by Gasteiger charge is -2.38. The Morgan fingerprint density at radius 2 is 1.76 bits per heavy atom. The number of hydrogen-bond acceptors (Lipinski definition) is 5. The molecular formula is C26H37ClN4O2. The first-order chi connectivity index (χ1) is 16.0. The fourth-order valence-electron chi connectivity index (χ4n) is 4.89. The van der Waals surface area contributed by atoms with E-state index in [2.05, 4.69) is 23.8 Å². The van der Waals surface area contributed by atoms with Gasteiger partial charge in [-0.1, -0.05) is 30.7 Å². The van der Waals surface area contributed by atoms with Crippen LogP contribution < -0.4 is 0 Å². The van der Waals surface area contributed by atoms with Crippen molar-refractivity contribution in [3.8, 4) is 11.3 Å². The van der Waals surface area contributed by atoms with E-state index in [-0.39, 0.29) is 5.91 Å². The minimum absolute atomic E-state index is 0.212. The maximum absolute atomic E-state index is 13.0. The van der Waals surface area contributed by atoms with E-state index in [0.29, 0.717) is 17.9 Å². The molecule has 2 aliphatic heterocycles. The molecule has 0 N–H and O–H groups in total. The second-order valence-corrected chi connectivity index (χ2v) is 10.0. The monoisotopic (exact) mass is 472 g/mol. The number of hydrogen-bond donors (Lipinski definition) is 0. The fraction of sp³-hybridized carbons (Fsp3) is 0.615. The average Bonchev–Trinajstić information content (AvgIpc) is 3.23. The molecule has 0 saturated carbocycles. The summed E-state index contributed by atoms with van der Waals surface area (Å²) in [5.74, 6) is 2.56. The van der Waals surface area contributed by atoms with Crippen LogP contribution in [-0.2, 0) is 17.6 Å². The summed E-state index contributed by atoms with van der Waals surface area (Å²) in [6.07, 6.45) is 5.39. The Labute approximate surface area is 202 Å². The van der Waals surface area contributed by atoms with Crippen LogP contribution in [0.4, 0.5) is 0 Å². The second kappa shape index (κ2) is 11.5. The second-order valence-electron chi connectivity index (χ2n) is 9.56. The molecule has 180 valence electrons. The number of rotatable bonds is 8. The lowest BCUT2D eigenvalue weighted by Crippen LogP contribution is -2.50. The fourth-order valence-corrected chi connectivity index (χ4v) is 5.02. The van der Waals surface area contributed by atoms with Crippen molar-refractivity contribution in [3.05, 3.63) is 40.9 Å². The summed E-state index contributed by atoms with van der Waals surface area (Å²) in [5.41, 5.74) is 1.82. The summed E-state index contributed by atoms with van der Waals surface area (Å²) in [4.78, 5) is 24.7. The van der Waals surface area contributed by atoms with Gasteiger partial charge in [-0.2, -0.15) is 0 Å². The standard InChI is InChI=1S/C26H37ClN4O2/c1-3-4-24-28-26(21-5-7-22(27)8-6-21)23(33-24)9-10-25(32)31-17-15-30(16-18-31)19-20-11-13-29(2)14-12-20/h5-8,20H,3-4,9-19H2,1-2H3. The van der Waals surface area contributed by atoms with Gasteiger partial charge in [0.25, 0.3) is 0 Å². The van der Waals surface area contributed by atoms with E-state index >= 15 is 0 Å². The van der Waals surface area contributed by atoms with Crippen molar-refractivity contribution in [2.45, 2.75) is 45.4 Å². The molecule has 0 radical (unpaired) electrons. The normalized spacial score (nSPS) is 18.7. The predicted octanol–water partition coefficient (Wildman–Crippen LogP) is 4.37. The van der Waals surface area contributed by atoms with Crippen molar-refractivity contribution in [3.63, 3.8) is 0 Å². The zero-order valence-corrected chi connectivity index (χ0v) is 20.8. The molecule has 1 aromatic carbocycles. The number of halogens is 1. The van der Waals surface area contributed by atoms with Crippen LogP contribution in [0.3, 0.4) is 0 Å². The van der Waals surface area contributed by atoms with Crippen LogP contribution in [0.2, 0.25) is 5.02 Å². The van der Waals surface area contributed by atoms with E-state index in [1.165, 1.54) is 32.5 Å². The van der Waals surface area contributed by atoms with Crippen LogP contribution in [-0.4, -0.2) is 78.5 Å². The Balaban J connectivity index is 1.29. The van der Waals surface area contributed by atoms with Gasteiger partial charge >= 0.3 is 0 Å². The van der Waals surface area contributed by atoms with E-state index in [4.69, 9.17) is 21.0 Å². The number of carbonyl (C=O) groups is 1. The molecule has 0 unspecified atom stereocenters. The number of oxazole rings is 1. The molecule has 2 aliphatic rings. The van der Waals surface area contributed by atoms with Gasteiger partial charge in [-0.3, -0.25) is 9.69 Å². The van der Waals surface area contributed by atoms with Crippen LogP contribution in [0.1, 0.15) is 44.3 Å². The zero-order chi connectivity index (χ0) is 23.2. The van der Waals surface area contributed by atoms with E-state index in [0.717, 1.165) is 67.8 Å². The van der Waals surface area contributed by atoms with Crippen molar-refractivity contribution < 1.29 is 9.21 Å². The number of piperidine rings is 1. The van der Waals surface area contributed by atoms with Gasteiger partial charge < -0.3 is 14.2 Å². The summed E-state index contributed by atoms with van der Waals surface area (Å²) in [5, 5.41) is 0.697. The molecule has 0 spiro atoms. The van der Waals surface area contributed by atoms with Crippen molar-refractivity contribution in [2.75, 3.05) is 52.9 Å². The summed E-state index contributed by atoms with van der Waals surface area (Å²) >= 11 is 6.05. The van der Waals surface area contributed by atoms with Crippen LogP contribution in [0.25, 0.3) is 11.3 Å². The molecule has 2 aromatic rings. The number of nitrogens with zero attached hydrogens (tertiary/aromatic N) is 4. The topological polar surface area (TPSA) is 52.8 Å². The third kappa shape index (κ3) is 6.58. The Morgan fingerprint density at radius 1 is 1.06 bits per heavy atom. The third-order valence-corrected chi connectivity index (χ3v) is 7.22. The lowest BCUT2D eigenvalue weighted by molar-refractivity contribution is -0.133. The Bertz CT molecular complexity index is 898. The smallest absolute Gasteiger partial charge is 0.223 e. The Hall–Kier alpha value is -1.89. The van der Waals surface area contributed by atoms with Crippen LogP contribution >= 0.6 is 11.6 Å². The predicted molar refractivity (Wildman–Crippen MR) is 133 cm³/mol. The molecule has 7 heteroatoms. The van der Waals surface area contributed by atoms with Gasteiger partial charge in [0.05, 0.1) is 0 Å². The van der Waals surface area contributed by atoms with Crippen molar-refractivity contribution in [2.24, 2.45) is 5.92 Å². The molecule has 0 atom stereocenters. The number of likely N-dealkylation sites (tertiary alicyclic amines) is 1. The first kappa shape index (κ1) is 24.2. The van der Waals surface area contributed by atoms with Gasteiger partial charge in [0.15, 0.2) is 5.89 Å². The summed E-state index contributed by atoms with van der Waals surface area (Å²) in [7, 11) is 2.21. The molecule has 0 bridgehead atoms. The van der Waals surface area contributed by atoms with E-state index < -0.39 is 0 Å².